The van der Waals surface area contributed by atoms with Crippen molar-refractivity contribution in [3.63, 3.8) is 0 Å². The lowest BCUT2D eigenvalue weighted by Crippen LogP contribution is -2.38. The number of para-hydroxylation sites is 1. The van der Waals surface area contributed by atoms with Crippen molar-refractivity contribution in [3.05, 3.63) is 65.2 Å². The van der Waals surface area contributed by atoms with Gasteiger partial charge in [0, 0.05) is 25.2 Å². The maximum absolute atomic E-state index is 12.6. The topological polar surface area (TPSA) is 46.3 Å². The standard InChI is InChI=1S/C21H28N2O/c1-4-19(15-17-11-9-16(2)10-12-17)23(3)21(24)14-13-18-7-5-6-8-20(18)22/h5-12,19H,4,13-15,22H2,1-3H3. The Morgan fingerprint density at radius 3 is 2.42 bits per heavy atom. The average molecular weight is 324 g/mol. The highest BCUT2D eigenvalue weighted by Crippen LogP contribution is 2.16. The molecule has 0 fully saturated rings. The number of carbonyl (C=O) groups is 1. The van der Waals surface area contributed by atoms with Crippen molar-refractivity contribution in [2.75, 3.05) is 12.8 Å². The molecule has 0 saturated carbocycles. The minimum absolute atomic E-state index is 0.178. The second-order valence-corrected chi connectivity index (χ2v) is 6.46. The maximum atomic E-state index is 12.6. The largest absolute Gasteiger partial charge is 0.399 e. The Morgan fingerprint density at radius 2 is 1.79 bits per heavy atom. The van der Waals surface area contributed by atoms with Gasteiger partial charge in [-0.05, 0) is 43.4 Å². The van der Waals surface area contributed by atoms with Crippen LogP contribution in [-0.2, 0) is 17.6 Å². The second-order valence-electron chi connectivity index (χ2n) is 6.46. The minimum atomic E-state index is 0.178. The number of carbonyl (C=O) groups excluding carboxylic acids is 1. The molecule has 1 unspecified atom stereocenters. The molecule has 0 aliphatic carbocycles. The van der Waals surface area contributed by atoms with E-state index in [4.69, 9.17) is 5.73 Å². The van der Waals surface area contributed by atoms with Gasteiger partial charge < -0.3 is 10.6 Å². The Labute approximate surface area is 145 Å². The Balaban J connectivity index is 1.94. The second kappa shape index (κ2) is 8.53. The summed E-state index contributed by atoms with van der Waals surface area (Å²) in [6.45, 7) is 4.23. The molecule has 3 heteroatoms. The van der Waals surface area contributed by atoms with E-state index >= 15 is 0 Å². The first-order valence-corrected chi connectivity index (χ1v) is 8.65. The van der Waals surface area contributed by atoms with Crippen LogP contribution in [0.15, 0.2) is 48.5 Å². The van der Waals surface area contributed by atoms with E-state index in [2.05, 4.69) is 38.1 Å². The molecule has 24 heavy (non-hydrogen) atoms. The van der Waals surface area contributed by atoms with Gasteiger partial charge in [0.2, 0.25) is 5.91 Å². The number of amides is 1. The molecule has 2 aromatic rings. The average Bonchev–Trinajstić information content (AvgIpc) is 2.59. The molecule has 2 N–H and O–H groups in total. The van der Waals surface area contributed by atoms with E-state index in [0.29, 0.717) is 12.8 Å². The summed E-state index contributed by atoms with van der Waals surface area (Å²) in [5, 5.41) is 0. The molecular formula is C21H28N2O. The van der Waals surface area contributed by atoms with Crippen molar-refractivity contribution >= 4 is 11.6 Å². The number of rotatable bonds is 7. The van der Waals surface area contributed by atoms with Gasteiger partial charge >= 0.3 is 0 Å². The van der Waals surface area contributed by atoms with Gasteiger partial charge in [0.1, 0.15) is 0 Å². The molecule has 0 aromatic heterocycles. The third-order valence-corrected chi connectivity index (χ3v) is 4.67. The zero-order valence-electron chi connectivity index (χ0n) is 15.0. The van der Waals surface area contributed by atoms with Gasteiger partial charge in [-0.25, -0.2) is 0 Å². The molecule has 0 bridgehead atoms. The molecule has 0 heterocycles. The zero-order valence-corrected chi connectivity index (χ0v) is 15.0. The van der Waals surface area contributed by atoms with Crippen molar-refractivity contribution in [3.8, 4) is 0 Å². The van der Waals surface area contributed by atoms with Crippen molar-refractivity contribution in [2.24, 2.45) is 0 Å². The van der Waals surface area contributed by atoms with Gasteiger partial charge in [0.15, 0.2) is 0 Å². The zero-order chi connectivity index (χ0) is 17.5. The fraction of sp³-hybridized carbons (Fsp3) is 0.381. The number of likely N-dealkylation sites (N-methyl/N-ethyl adjacent to an activating group) is 1. The van der Waals surface area contributed by atoms with Crippen molar-refractivity contribution in [1.82, 2.24) is 4.90 Å². The van der Waals surface area contributed by atoms with Crippen LogP contribution >= 0.6 is 0 Å². The minimum Gasteiger partial charge on any atom is -0.399 e. The fourth-order valence-electron chi connectivity index (χ4n) is 2.93. The van der Waals surface area contributed by atoms with Crippen molar-refractivity contribution in [1.29, 1.82) is 0 Å². The lowest BCUT2D eigenvalue weighted by atomic mass is 10.0. The number of aryl methyl sites for hydroxylation is 2. The van der Waals surface area contributed by atoms with Crippen LogP contribution in [0.25, 0.3) is 0 Å². The number of benzene rings is 2. The summed E-state index contributed by atoms with van der Waals surface area (Å²) in [7, 11) is 1.92. The van der Waals surface area contributed by atoms with E-state index in [9.17, 15) is 4.79 Å². The number of hydrogen-bond donors (Lipinski definition) is 1. The van der Waals surface area contributed by atoms with Crippen LogP contribution in [0, 0.1) is 6.92 Å². The Bertz CT molecular complexity index is 664. The lowest BCUT2D eigenvalue weighted by molar-refractivity contribution is -0.132. The van der Waals surface area contributed by atoms with E-state index in [1.54, 1.807) is 0 Å². The number of nitrogen functional groups attached to an aromatic ring is 1. The number of hydrogen-bond acceptors (Lipinski definition) is 2. The molecule has 0 aliphatic rings. The highest BCUT2D eigenvalue weighted by Gasteiger charge is 2.18. The van der Waals surface area contributed by atoms with E-state index in [1.165, 1.54) is 11.1 Å². The predicted molar refractivity (Wildman–Crippen MR) is 101 cm³/mol. The van der Waals surface area contributed by atoms with Crippen LogP contribution in [-0.4, -0.2) is 23.9 Å². The molecule has 128 valence electrons. The quantitative estimate of drug-likeness (QED) is 0.783. The summed E-state index contributed by atoms with van der Waals surface area (Å²) in [4.78, 5) is 14.5. The van der Waals surface area contributed by atoms with E-state index in [-0.39, 0.29) is 11.9 Å². The molecule has 0 spiro atoms. The van der Waals surface area contributed by atoms with Gasteiger partial charge in [-0.1, -0.05) is 55.0 Å². The number of anilines is 1. The van der Waals surface area contributed by atoms with E-state index < -0.39 is 0 Å². The van der Waals surface area contributed by atoms with Gasteiger partial charge in [0.05, 0.1) is 0 Å². The van der Waals surface area contributed by atoms with Crippen LogP contribution < -0.4 is 5.73 Å². The van der Waals surface area contributed by atoms with Crippen LogP contribution in [0.2, 0.25) is 0 Å². The molecule has 2 rings (SSSR count). The first kappa shape index (κ1) is 18.1. The normalized spacial score (nSPS) is 12.0. The summed E-state index contributed by atoms with van der Waals surface area (Å²) in [5.74, 6) is 0.178. The molecule has 0 saturated heterocycles. The molecule has 1 atom stereocenters. The SMILES string of the molecule is CCC(Cc1ccc(C)cc1)N(C)C(=O)CCc1ccccc1N. The molecule has 2 aromatic carbocycles. The third kappa shape index (κ3) is 4.85. The molecular weight excluding hydrogens is 296 g/mol. The smallest absolute Gasteiger partial charge is 0.222 e. The van der Waals surface area contributed by atoms with Crippen molar-refractivity contribution in [2.45, 2.75) is 45.6 Å². The maximum Gasteiger partial charge on any atom is 0.222 e. The van der Waals surface area contributed by atoms with Gasteiger partial charge in [-0.15, -0.1) is 0 Å². The van der Waals surface area contributed by atoms with E-state index in [1.807, 2.05) is 36.2 Å². The Morgan fingerprint density at radius 1 is 1.12 bits per heavy atom. The summed E-state index contributed by atoms with van der Waals surface area (Å²) in [6.07, 6.45) is 3.03. The fourth-order valence-corrected chi connectivity index (χ4v) is 2.93. The lowest BCUT2D eigenvalue weighted by Gasteiger charge is -2.28. The Kier molecular flexibility index (Phi) is 6.42. The third-order valence-electron chi connectivity index (χ3n) is 4.67. The van der Waals surface area contributed by atoms with Crippen LogP contribution in [0.4, 0.5) is 5.69 Å². The highest BCUT2D eigenvalue weighted by molar-refractivity contribution is 5.76. The molecule has 0 radical (unpaired) electrons. The van der Waals surface area contributed by atoms with E-state index in [0.717, 1.165) is 24.1 Å². The monoisotopic (exact) mass is 324 g/mol. The Hall–Kier alpha value is -2.29. The first-order chi connectivity index (χ1) is 11.5. The van der Waals surface area contributed by atoms with Gasteiger partial charge in [0.25, 0.3) is 0 Å². The highest BCUT2D eigenvalue weighted by atomic mass is 16.2. The summed E-state index contributed by atoms with van der Waals surface area (Å²) >= 11 is 0. The number of nitrogens with two attached hydrogens (primary N) is 1. The van der Waals surface area contributed by atoms with Gasteiger partial charge in [-0.2, -0.15) is 0 Å². The predicted octanol–water partition coefficient (Wildman–Crippen LogP) is 3.99. The van der Waals surface area contributed by atoms with Crippen molar-refractivity contribution < 1.29 is 4.79 Å². The van der Waals surface area contributed by atoms with Crippen LogP contribution in [0.1, 0.15) is 36.5 Å². The van der Waals surface area contributed by atoms with Crippen LogP contribution in [0.3, 0.4) is 0 Å². The van der Waals surface area contributed by atoms with Crippen LogP contribution in [0.5, 0.6) is 0 Å². The summed E-state index contributed by atoms with van der Waals surface area (Å²) < 4.78 is 0. The number of nitrogens with zero attached hydrogens (tertiary/aromatic N) is 1. The summed E-state index contributed by atoms with van der Waals surface area (Å²) in [6, 6.07) is 16.6. The first-order valence-electron chi connectivity index (χ1n) is 8.65. The molecule has 3 nitrogen and oxygen atoms in total. The molecule has 0 aliphatic heterocycles. The van der Waals surface area contributed by atoms with Gasteiger partial charge in [-0.3, -0.25) is 4.79 Å². The molecule has 1 amide bonds. The summed E-state index contributed by atoms with van der Waals surface area (Å²) in [5.41, 5.74) is 10.3.